The van der Waals surface area contributed by atoms with Crippen molar-refractivity contribution in [2.75, 3.05) is 5.88 Å². The molecule has 1 atom stereocenters. The Morgan fingerprint density at radius 2 is 2.43 bits per heavy atom. The van der Waals surface area contributed by atoms with Gasteiger partial charge in [-0.15, -0.1) is 11.6 Å². The summed E-state index contributed by atoms with van der Waals surface area (Å²) >= 11 is 5.64. The molecule has 1 aromatic heterocycles. The molecule has 0 aliphatic carbocycles. The van der Waals surface area contributed by atoms with E-state index in [0.717, 1.165) is 25.3 Å². The van der Waals surface area contributed by atoms with Crippen molar-refractivity contribution in [2.45, 2.75) is 39.4 Å². The highest BCUT2D eigenvalue weighted by Gasteiger charge is 2.04. The zero-order chi connectivity index (χ0) is 10.4. The molecule has 1 aromatic rings. The summed E-state index contributed by atoms with van der Waals surface area (Å²) in [5.41, 5.74) is 0. The summed E-state index contributed by atoms with van der Waals surface area (Å²) in [6.45, 7) is 5.79. The first-order valence-electron chi connectivity index (χ1n) is 4.94. The number of halogens is 1. The predicted octanol–water partition coefficient (Wildman–Crippen LogP) is 1.40. The lowest BCUT2D eigenvalue weighted by atomic mass is 10.2. The quantitative estimate of drug-likeness (QED) is 0.732. The molecule has 0 bridgehead atoms. The van der Waals surface area contributed by atoms with E-state index in [9.17, 15) is 0 Å². The van der Waals surface area contributed by atoms with E-state index in [4.69, 9.17) is 11.6 Å². The van der Waals surface area contributed by atoms with E-state index in [1.807, 2.05) is 4.68 Å². The third-order valence-electron chi connectivity index (χ3n) is 2.15. The Kier molecular flexibility index (Phi) is 4.90. The number of hydrogen-bond acceptors (Lipinski definition) is 3. The van der Waals surface area contributed by atoms with Crippen LogP contribution in [0.4, 0.5) is 0 Å². The molecule has 0 saturated heterocycles. The maximum Gasteiger partial charge on any atom is 0.140 e. The number of alkyl halides is 1. The Hall–Kier alpha value is -0.610. The van der Waals surface area contributed by atoms with E-state index in [0.29, 0.717) is 11.9 Å². The van der Waals surface area contributed by atoms with Gasteiger partial charge >= 0.3 is 0 Å². The number of nitrogens with zero attached hydrogens (tertiary/aromatic N) is 3. The van der Waals surface area contributed by atoms with Crippen LogP contribution >= 0.6 is 11.6 Å². The third-order valence-corrected chi connectivity index (χ3v) is 2.36. The zero-order valence-electron chi connectivity index (χ0n) is 8.70. The normalized spacial score (nSPS) is 13.1. The van der Waals surface area contributed by atoms with Crippen molar-refractivity contribution in [3.05, 3.63) is 12.2 Å². The SMILES string of the molecule is CCn1ncnc1CNC(C)CCCl. The molecule has 0 fully saturated rings. The molecular formula is C9H17ClN4. The molecular weight excluding hydrogens is 200 g/mol. The summed E-state index contributed by atoms with van der Waals surface area (Å²) in [6.07, 6.45) is 2.56. The maximum atomic E-state index is 5.64. The molecule has 1 unspecified atom stereocenters. The van der Waals surface area contributed by atoms with Gasteiger partial charge in [0, 0.05) is 18.5 Å². The van der Waals surface area contributed by atoms with Gasteiger partial charge in [-0.3, -0.25) is 0 Å². The lowest BCUT2D eigenvalue weighted by Crippen LogP contribution is -2.27. The molecule has 0 aliphatic heterocycles. The van der Waals surface area contributed by atoms with E-state index in [2.05, 4.69) is 29.2 Å². The van der Waals surface area contributed by atoms with E-state index < -0.39 is 0 Å². The van der Waals surface area contributed by atoms with Gasteiger partial charge in [-0.1, -0.05) is 0 Å². The van der Waals surface area contributed by atoms with Gasteiger partial charge in [-0.25, -0.2) is 9.67 Å². The molecule has 0 saturated carbocycles. The Labute approximate surface area is 89.7 Å². The van der Waals surface area contributed by atoms with Crippen LogP contribution in [0.5, 0.6) is 0 Å². The molecule has 14 heavy (non-hydrogen) atoms. The first-order valence-corrected chi connectivity index (χ1v) is 5.47. The fraction of sp³-hybridized carbons (Fsp3) is 0.778. The highest BCUT2D eigenvalue weighted by atomic mass is 35.5. The average Bonchev–Trinajstić information content (AvgIpc) is 2.62. The molecule has 5 heteroatoms. The van der Waals surface area contributed by atoms with Crippen LogP contribution in [0.15, 0.2) is 6.33 Å². The van der Waals surface area contributed by atoms with Crippen LogP contribution in [-0.2, 0) is 13.1 Å². The number of nitrogens with one attached hydrogen (secondary N) is 1. The van der Waals surface area contributed by atoms with Gasteiger partial charge in [0.2, 0.25) is 0 Å². The monoisotopic (exact) mass is 216 g/mol. The van der Waals surface area contributed by atoms with E-state index in [-0.39, 0.29) is 0 Å². The minimum atomic E-state index is 0.425. The topological polar surface area (TPSA) is 42.7 Å². The summed E-state index contributed by atoms with van der Waals surface area (Å²) < 4.78 is 1.89. The molecule has 1 heterocycles. The Bertz CT molecular complexity index is 261. The zero-order valence-corrected chi connectivity index (χ0v) is 9.46. The fourth-order valence-corrected chi connectivity index (χ4v) is 1.55. The van der Waals surface area contributed by atoms with Crippen molar-refractivity contribution in [2.24, 2.45) is 0 Å². The number of aromatic nitrogens is 3. The van der Waals surface area contributed by atoms with Crippen molar-refractivity contribution in [3.8, 4) is 0 Å². The van der Waals surface area contributed by atoms with Crippen LogP contribution in [0.3, 0.4) is 0 Å². The molecule has 80 valence electrons. The first-order chi connectivity index (χ1) is 6.77. The summed E-state index contributed by atoms with van der Waals surface area (Å²) in [6, 6.07) is 0.425. The third kappa shape index (κ3) is 3.27. The van der Waals surface area contributed by atoms with Gasteiger partial charge in [0.15, 0.2) is 0 Å². The molecule has 4 nitrogen and oxygen atoms in total. The number of hydrogen-bond donors (Lipinski definition) is 1. The average molecular weight is 217 g/mol. The summed E-state index contributed by atoms with van der Waals surface area (Å²) in [7, 11) is 0. The summed E-state index contributed by atoms with van der Waals surface area (Å²) in [4.78, 5) is 4.18. The summed E-state index contributed by atoms with van der Waals surface area (Å²) in [5.74, 6) is 1.67. The Balaban J connectivity index is 2.37. The van der Waals surface area contributed by atoms with Gasteiger partial charge in [0.25, 0.3) is 0 Å². The highest BCUT2D eigenvalue weighted by Crippen LogP contribution is 1.97. The van der Waals surface area contributed by atoms with E-state index in [1.165, 1.54) is 0 Å². The molecule has 1 N–H and O–H groups in total. The highest BCUT2D eigenvalue weighted by molar-refractivity contribution is 6.17. The van der Waals surface area contributed by atoms with Gasteiger partial charge in [-0.05, 0) is 20.3 Å². The second-order valence-electron chi connectivity index (χ2n) is 3.25. The fourth-order valence-electron chi connectivity index (χ4n) is 1.22. The van der Waals surface area contributed by atoms with Crippen LogP contribution in [0.2, 0.25) is 0 Å². The maximum absolute atomic E-state index is 5.64. The number of rotatable bonds is 6. The first kappa shape index (κ1) is 11.5. The molecule has 0 aliphatic rings. The second-order valence-corrected chi connectivity index (χ2v) is 3.63. The second kappa shape index (κ2) is 5.98. The van der Waals surface area contributed by atoms with Crippen LogP contribution in [-0.4, -0.2) is 26.7 Å². The van der Waals surface area contributed by atoms with E-state index in [1.54, 1.807) is 6.33 Å². The molecule has 0 radical (unpaired) electrons. The summed E-state index contributed by atoms with van der Waals surface area (Å²) in [5, 5.41) is 7.45. The Morgan fingerprint density at radius 1 is 1.64 bits per heavy atom. The van der Waals surface area contributed by atoms with Crippen LogP contribution in [0.1, 0.15) is 26.1 Å². The van der Waals surface area contributed by atoms with E-state index >= 15 is 0 Å². The lowest BCUT2D eigenvalue weighted by Gasteiger charge is -2.11. The lowest BCUT2D eigenvalue weighted by molar-refractivity contribution is 0.501. The van der Waals surface area contributed by atoms with Gasteiger partial charge in [-0.2, -0.15) is 5.10 Å². The molecule has 0 aromatic carbocycles. The minimum Gasteiger partial charge on any atom is -0.307 e. The van der Waals surface area contributed by atoms with Gasteiger partial charge in [0.05, 0.1) is 6.54 Å². The van der Waals surface area contributed by atoms with Gasteiger partial charge in [0.1, 0.15) is 12.2 Å². The van der Waals surface area contributed by atoms with Crippen LogP contribution in [0.25, 0.3) is 0 Å². The Morgan fingerprint density at radius 3 is 3.07 bits per heavy atom. The predicted molar refractivity (Wildman–Crippen MR) is 57.3 cm³/mol. The van der Waals surface area contributed by atoms with Crippen LogP contribution in [0, 0.1) is 0 Å². The smallest absolute Gasteiger partial charge is 0.140 e. The van der Waals surface area contributed by atoms with Gasteiger partial charge < -0.3 is 5.32 Å². The van der Waals surface area contributed by atoms with Crippen molar-refractivity contribution in [1.82, 2.24) is 20.1 Å². The van der Waals surface area contributed by atoms with Crippen molar-refractivity contribution < 1.29 is 0 Å². The molecule has 0 spiro atoms. The minimum absolute atomic E-state index is 0.425. The molecule has 0 amide bonds. The largest absolute Gasteiger partial charge is 0.307 e. The van der Waals surface area contributed by atoms with Crippen LogP contribution < -0.4 is 5.32 Å². The number of aryl methyl sites for hydroxylation is 1. The van der Waals surface area contributed by atoms with Crippen molar-refractivity contribution in [3.63, 3.8) is 0 Å². The standard InChI is InChI=1S/C9H17ClN4/c1-3-14-9(12-7-13-14)6-11-8(2)4-5-10/h7-8,11H,3-6H2,1-2H3. The molecule has 1 rings (SSSR count). The van der Waals surface area contributed by atoms with Crippen molar-refractivity contribution in [1.29, 1.82) is 0 Å². The van der Waals surface area contributed by atoms with Crippen molar-refractivity contribution >= 4 is 11.6 Å².